The van der Waals surface area contributed by atoms with Crippen molar-refractivity contribution in [3.63, 3.8) is 0 Å². The maximum absolute atomic E-state index is 13.2. The predicted molar refractivity (Wildman–Crippen MR) is 97.2 cm³/mol. The number of furan rings is 1. The zero-order valence-corrected chi connectivity index (χ0v) is 14.4. The largest absolute Gasteiger partial charge is 0.451 e. The van der Waals surface area contributed by atoms with Gasteiger partial charge < -0.3 is 9.32 Å². The highest BCUT2D eigenvalue weighted by Gasteiger charge is 2.25. The van der Waals surface area contributed by atoms with E-state index in [1.54, 1.807) is 28.8 Å². The Labute approximate surface area is 144 Å². The van der Waals surface area contributed by atoms with Crippen LogP contribution >= 0.6 is 11.8 Å². The predicted octanol–water partition coefficient (Wildman–Crippen LogP) is 5.10. The number of anilines is 1. The van der Waals surface area contributed by atoms with E-state index in [4.69, 9.17) is 4.42 Å². The summed E-state index contributed by atoms with van der Waals surface area (Å²) in [6.07, 6.45) is 1.99. The van der Waals surface area contributed by atoms with Crippen LogP contribution < -0.4 is 4.90 Å². The minimum atomic E-state index is -0.325. The second-order valence-electron chi connectivity index (χ2n) is 5.36. The van der Waals surface area contributed by atoms with Crippen LogP contribution in [0.25, 0.3) is 11.0 Å². The zero-order chi connectivity index (χ0) is 17.1. The molecule has 0 saturated carbocycles. The van der Waals surface area contributed by atoms with E-state index in [9.17, 15) is 9.18 Å². The first kappa shape index (κ1) is 16.6. The number of nitrogens with zero attached hydrogens (tertiary/aromatic N) is 1. The van der Waals surface area contributed by atoms with Crippen LogP contribution in [0.5, 0.6) is 0 Å². The number of fused-ring (bicyclic) bond motifs is 1. The molecule has 0 spiro atoms. The summed E-state index contributed by atoms with van der Waals surface area (Å²) in [4.78, 5) is 14.7. The normalized spacial score (nSPS) is 11.0. The number of amides is 1. The molecule has 2 aromatic carbocycles. The van der Waals surface area contributed by atoms with Gasteiger partial charge in [0.25, 0.3) is 5.91 Å². The second kappa shape index (κ2) is 7.09. The molecule has 0 bridgehead atoms. The van der Waals surface area contributed by atoms with Crippen molar-refractivity contribution < 1.29 is 13.6 Å². The number of thioether (sulfide) groups is 1. The van der Waals surface area contributed by atoms with E-state index >= 15 is 0 Å². The Morgan fingerprint density at radius 1 is 1.17 bits per heavy atom. The lowest BCUT2D eigenvalue weighted by Crippen LogP contribution is -2.30. The molecule has 0 N–H and O–H groups in total. The summed E-state index contributed by atoms with van der Waals surface area (Å²) in [5.74, 6) is 0.522. The summed E-state index contributed by atoms with van der Waals surface area (Å²) in [6, 6.07) is 13.6. The molecular formula is C19H18FNO2S. The summed E-state index contributed by atoms with van der Waals surface area (Å²) >= 11 is 1.64. The fraction of sp³-hybridized carbons (Fsp3) is 0.211. The number of hydrogen-bond acceptors (Lipinski definition) is 3. The van der Waals surface area contributed by atoms with Crippen LogP contribution in [-0.4, -0.2) is 18.7 Å². The van der Waals surface area contributed by atoms with Crippen molar-refractivity contribution in [3.05, 3.63) is 65.7 Å². The maximum Gasteiger partial charge on any atom is 0.294 e. The molecule has 3 rings (SSSR count). The number of carbonyl (C=O) groups excluding carboxylic acids is 1. The molecule has 1 heterocycles. The van der Waals surface area contributed by atoms with Gasteiger partial charge in [0.15, 0.2) is 5.76 Å². The van der Waals surface area contributed by atoms with Crippen LogP contribution in [0.3, 0.4) is 0 Å². The molecule has 24 heavy (non-hydrogen) atoms. The maximum atomic E-state index is 13.2. The molecule has 0 aliphatic carbocycles. The summed E-state index contributed by atoms with van der Waals surface area (Å²) in [6.45, 7) is 2.36. The highest BCUT2D eigenvalue weighted by Crippen LogP contribution is 2.30. The minimum Gasteiger partial charge on any atom is -0.451 e. The van der Waals surface area contributed by atoms with Crippen molar-refractivity contribution in [3.8, 4) is 0 Å². The Morgan fingerprint density at radius 3 is 2.54 bits per heavy atom. The third-order valence-corrected chi connectivity index (χ3v) is 4.46. The van der Waals surface area contributed by atoms with Crippen LogP contribution in [0.4, 0.5) is 10.1 Å². The van der Waals surface area contributed by atoms with Gasteiger partial charge in [0.05, 0.1) is 0 Å². The molecule has 0 fully saturated rings. The number of rotatable bonds is 5. The Bertz CT molecular complexity index is 857. The number of halogens is 1. The fourth-order valence-corrected chi connectivity index (χ4v) is 3.32. The average Bonchev–Trinajstić information content (AvgIpc) is 2.96. The second-order valence-corrected chi connectivity index (χ2v) is 6.23. The Balaban J connectivity index is 2.06. The first-order valence-electron chi connectivity index (χ1n) is 7.72. The number of para-hydroxylation sites is 1. The van der Waals surface area contributed by atoms with E-state index in [2.05, 4.69) is 0 Å². The lowest BCUT2D eigenvalue weighted by Gasteiger charge is -2.20. The first-order chi connectivity index (χ1) is 11.7. The van der Waals surface area contributed by atoms with Gasteiger partial charge in [-0.1, -0.05) is 18.2 Å². The molecular weight excluding hydrogens is 325 g/mol. The van der Waals surface area contributed by atoms with Crippen molar-refractivity contribution in [2.75, 3.05) is 17.7 Å². The first-order valence-corrected chi connectivity index (χ1v) is 9.11. The van der Waals surface area contributed by atoms with Gasteiger partial charge in [-0.05, 0) is 43.5 Å². The number of benzene rings is 2. The summed E-state index contributed by atoms with van der Waals surface area (Å²) in [5.41, 5.74) is 2.27. The van der Waals surface area contributed by atoms with Gasteiger partial charge >= 0.3 is 0 Å². The van der Waals surface area contributed by atoms with E-state index < -0.39 is 0 Å². The van der Waals surface area contributed by atoms with E-state index in [1.165, 1.54) is 12.1 Å². The average molecular weight is 343 g/mol. The molecule has 1 amide bonds. The van der Waals surface area contributed by atoms with Gasteiger partial charge in [-0.2, -0.15) is 11.8 Å². The van der Waals surface area contributed by atoms with Crippen molar-refractivity contribution >= 4 is 34.3 Å². The molecule has 0 saturated heterocycles. The van der Waals surface area contributed by atoms with E-state index in [-0.39, 0.29) is 11.7 Å². The van der Waals surface area contributed by atoms with Gasteiger partial charge in [-0.15, -0.1) is 0 Å². The van der Waals surface area contributed by atoms with Crippen molar-refractivity contribution in [2.45, 2.75) is 12.7 Å². The van der Waals surface area contributed by atoms with Gasteiger partial charge in [-0.25, -0.2) is 4.39 Å². The third-order valence-electron chi connectivity index (χ3n) is 3.88. The van der Waals surface area contributed by atoms with Crippen molar-refractivity contribution in [1.82, 2.24) is 0 Å². The van der Waals surface area contributed by atoms with Gasteiger partial charge in [0.2, 0.25) is 0 Å². The highest BCUT2D eigenvalue weighted by molar-refractivity contribution is 7.97. The SMILES string of the molecule is CCN(C(=O)c1oc2ccccc2c1CSC)c1ccc(F)cc1. The van der Waals surface area contributed by atoms with Crippen LogP contribution in [0.1, 0.15) is 23.0 Å². The topological polar surface area (TPSA) is 33.5 Å². The minimum absolute atomic E-state index is 0.204. The molecule has 0 unspecified atom stereocenters. The molecule has 3 nitrogen and oxygen atoms in total. The van der Waals surface area contributed by atoms with E-state index in [0.29, 0.717) is 29.3 Å². The molecule has 1 aromatic heterocycles. The quantitative estimate of drug-likeness (QED) is 0.646. The lowest BCUT2D eigenvalue weighted by molar-refractivity contribution is 0.0963. The van der Waals surface area contributed by atoms with Crippen LogP contribution in [0, 0.1) is 5.82 Å². The standard InChI is InChI=1S/C19H18FNO2S/c1-3-21(14-10-8-13(20)9-11-14)19(22)18-16(12-24-2)15-6-4-5-7-17(15)23-18/h4-11H,3,12H2,1-2H3. The van der Waals surface area contributed by atoms with Gasteiger partial charge in [-0.3, -0.25) is 4.79 Å². The summed E-state index contributed by atoms with van der Waals surface area (Å²) in [5, 5.41) is 0.963. The zero-order valence-electron chi connectivity index (χ0n) is 13.6. The Hall–Kier alpha value is -2.27. The van der Waals surface area contributed by atoms with Gasteiger partial charge in [0, 0.05) is 28.9 Å². The summed E-state index contributed by atoms with van der Waals surface area (Å²) in [7, 11) is 0. The fourth-order valence-electron chi connectivity index (χ4n) is 2.75. The molecule has 0 atom stereocenters. The molecule has 3 aromatic rings. The van der Waals surface area contributed by atoms with Gasteiger partial charge in [0.1, 0.15) is 11.4 Å². The molecule has 0 radical (unpaired) electrons. The molecule has 5 heteroatoms. The monoisotopic (exact) mass is 343 g/mol. The van der Waals surface area contributed by atoms with E-state index in [0.717, 1.165) is 10.9 Å². The smallest absolute Gasteiger partial charge is 0.294 e. The van der Waals surface area contributed by atoms with Crippen molar-refractivity contribution in [1.29, 1.82) is 0 Å². The lowest BCUT2D eigenvalue weighted by atomic mass is 10.1. The number of carbonyl (C=O) groups is 1. The molecule has 124 valence electrons. The Kier molecular flexibility index (Phi) is 4.90. The summed E-state index contributed by atoms with van der Waals surface area (Å²) < 4.78 is 19.0. The van der Waals surface area contributed by atoms with Crippen LogP contribution in [0.15, 0.2) is 52.9 Å². The van der Waals surface area contributed by atoms with Crippen LogP contribution in [-0.2, 0) is 5.75 Å². The third kappa shape index (κ3) is 3.04. The Morgan fingerprint density at radius 2 is 1.88 bits per heavy atom. The number of hydrogen-bond donors (Lipinski definition) is 0. The van der Waals surface area contributed by atoms with E-state index in [1.807, 2.05) is 37.4 Å². The highest BCUT2D eigenvalue weighted by atomic mass is 32.2. The van der Waals surface area contributed by atoms with Crippen molar-refractivity contribution in [2.24, 2.45) is 0 Å². The molecule has 0 aliphatic heterocycles. The van der Waals surface area contributed by atoms with Crippen LogP contribution in [0.2, 0.25) is 0 Å². The molecule has 0 aliphatic rings.